The fourth-order valence-corrected chi connectivity index (χ4v) is 4.99. The fourth-order valence-electron chi connectivity index (χ4n) is 4.99. The Morgan fingerprint density at radius 2 is 2.00 bits per heavy atom. The van der Waals surface area contributed by atoms with Crippen molar-refractivity contribution < 1.29 is 4.79 Å². The lowest BCUT2D eigenvalue weighted by atomic mass is 9.93. The molecular formula is C28H36N4O2. The SMILES string of the molecule is CCCc1cc(C)[nH]c(=O)c1NCC(=O)c1cc(C2=CCNCC2)cc2c1c(C)cn2C(C)C. The largest absolute Gasteiger partial charge is 0.373 e. The maximum absolute atomic E-state index is 13.6. The van der Waals surface area contributed by atoms with Gasteiger partial charge in [-0.1, -0.05) is 19.4 Å². The highest BCUT2D eigenvalue weighted by Gasteiger charge is 2.20. The van der Waals surface area contributed by atoms with Crippen LogP contribution in [0.2, 0.25) is 0 Å². The normalized spacial score (nSPS) is 14.0. The Morgan fingerprint density at radius 3 is 2.68 bits per heavy atom. The molecule has 3 heterocycles. The molecule has 180 valence electrons. The van der Waals surface area contributed by atoms with Crippen LogP contribution in [-0.4, -0.2) is 35.0 Å². The second-order valence-electron chi connectivity index (χ2n) is 9.62. The molecule has 4 rings (SSSR count). The quantitative estimate of drug-likeness (QED) is 0.406. The predicted octanol–water partition coefficient (Wildman–Crippen LogP) is 5.15. The summed E-state index contributed by atoms with van der Waals surface area (Å²) >= 11 is 0. The molecule has 0 fully saturated rings. The molecule has 0 radical (unpaired) electrons. The molecule has 0 amide bonds. The van der Waals surface area contributed by atoms with Gasteiger partial charge < -0.3 is 20.2 Å². The zero-order valence-corrected chi connectivity index (χ0v) is 21.0. The lowest BCUT2D eigenvalue weighted by Crippen LogP contribution is -2.23. The van der Waals surface area contributed by atoms with Crippen LogP contribution in [-0.2, 0) is 6.42 Å². The van der Waals surface area contributed by atoms with Crippen molar-refractivity contribution in [3.63, 3.8) is 0 Å². The van der Waals surface area contributed by atoms with Crippen molar-refractivity contribution in [2.45, 2.75) is 59.9 Å². The van der Waals surface area contributed by atoms with Crippen LogP contribution < -0.4 is 16.2 Å². The summed E-state index contributed by atoms with van der Waals surface area (Å²) in [6.07, 6.45) is 7.03. The third-order valence-electron chi connectivity index (χ3n) is 6.61. The first kappa shape index (κ1) is 24.0. The van der Waals surface area contributed by atoms with Gasteiger partial charge in [0.25, 0.3) is 5.56 Å². The number of H-pyrrole nitrogens is 1. The lowest BCUT2D eigenvalue weighted by Gasteiger charge is -2.18. The van der Waals surface area contributed by atoms with Gasteiger partial charge in [0.2, 0.25) is 0 Å². The highest BCUT2D eigenvalue weighted by atomic mass is 16.1. The summed E-state index contributed by atoms with van der Waals surface area (Å²) in [5.74, 6) is -0.00610. The van der Waals surface area contributed by atoms with Crippen molar-refractivity contribution in [3.8, 4) is 0 Å². The van der Waals surface area contributed by atoms with E-state index in [1.165, 1.54) is 5.57 Å². The van der Waals surface area contributed by atoms with Crippen LogP contribution in [0.1, 0.15) is 72.4 Å². The number of carbonyl (C=O) groups excluding carboxylic acids is 1. The van der Waals surface area contributed by atoms with Crippen molar-refractivity contribution in [2.75, 3.05) is 25.0 Å². The number of benzene rings is 1. The molecule has 1 aliphatic rings. The monoisotopic (exact) mass is 460 g/mol. The van der Waals surface area contributed by atoms with Crippen LogP contribution in [0, 0.1) is 13.8 Å². The lowest BCUT2D eigenvalue weighted by molar-refractivity contribution is 0.101. The molecule has 0 saturated carbocycles. The van der Waals surface area contributed by atoms with Crippen molar-refractivity contribution in [3.05, 3.63) is 68.8 Å². The van der Waals surface area contributed by atoms with E-state index in [0.717, 1.165) is 71.2 Å². The first-order valence-corrected chi connectivity index (χ1v) is 12.3. The van der Waals surface area contributed by atoms with E-state index in [1.54, 1.807) is 0 Å². The number of hydrogen-bond acceptors (Lipinski definition) is 4. The van der Waals surface area contributed by atoms with Gasteiger partial charge in [0.05, 0.1) is 6.54 Å². The van der Waals surface area contributed by atoms with E-state index in [4.69, 9.17) is 0 Å². The number of fused-ring (bicyclic) bond motifs is 1. The Bertz CT molecular complexity index is 1310. The van der Waals surface area contributed by atoms with E-state index in [9.17, 15) is 9.59 Å². The van der Waals surface area contributed by atoms with E-state index >= 15 is 0 Å². The maximum atomic E-state index is 13.6. The molecule has 1 aromatic carbocycles. The number of aromatic nitrogens is 2. The number of Topliss-reactive ketones (excluding diaryl/α,β-unsaturated/α-hetero) is 1. The van der Waals surface area contributed by atoms with Crippen LogP contribution in [0.5, 0.6) is 0 Å². The fraction of sp³-hybridized carbons (Fsp3) is 0.429. The molecule has 34 heavy (non-hydrogen) atoms. The zero-order valence-electron chi connectivity index (χ0n) is 21.0. The number of ketones is 1. The molecule has 0 saturated heterocycles. The first-order valence-electron chi connectivity index (χ1n) is 12.3. The summed E-state index contributed by atoms with van der Waals surface area (Å²) in [4.78, 5) is 29.1. The number of nitrogens with one attached hydrogen (secondary N) is 3. The summed E-state index contributed by atoms with van der Waals surface area (Å²) in [6, 6.07) is 6.56. The molecular weight excluding hydrogens is 424 g/mol. The van der Waals surface area contributed by atoms with Gasteiger partial charge in [-0.2, -0.15) is 0 Å². The summed E-state index contributed by atoms with van der Waals surface area (Å²) in [6.45, 7) is 12.2. The molecule has 6 heteroatoms. The highest BCUT2D eigenvalue weighted by Crippen LogP contribution is 2.33. The van der Waals surface area contributed by atoms with Gasteiger partial charge in [-0.25, -0.2) is 0 Å². The molecule has 3 N–H and O–H groups in total. The molecule has 0 unspecified atom stereocenters. The number of aromatic amines is 1. The minimum absolute atomic E-state index is 0.00610. The van der Waals surface area contributed by atoms with Gasteiger partial charge in [0, 0.05) is 40.9 Å². The average molecular weight is 461 g/mol. The first-order chi connectivity index (χ1) is 16.3. The van der Waals surface area contributed by atoms with E-state index in [1.807, 2.05) is 19.1 Å². The molecule has 0 aliphatic carbocycles. The molecule has 0 atom stereocenters. The molecule has 6 nitrogen and oxygen atoms in total. The third-order valence-corrected chi connectivity index (χ3v) is 6.61. The average Bonchev–Trinajstić information content (AvgIpc) is 3.15. The van der Waals surface area contributed by atoms with E-state index in [2.05, 4.69) is 66.2 Å². The number of rotatable bonds is 8. The standard InChI is InChI=1S/C28H36N4O2/c1-6-7-21-12-19(5)31-28(34)27(21)30-15-25(33)23-13-22(20-8-10-29-11-9-20)14-24-26(23)18(4)16-32(24)17(2)3/h8,12-14,16-17,29-30H,6-7,9-11,15H2,1-5H3,(H,31,34). The number of pyridine rings is 1. The Morgan fingerprint density at radius 1 is 1.21 bits per heavy atom. The highest BCUT2D eigenvalue weighted by molar-refractivity contribution is 6.11. The summed E-state index contributed by atoms with van der Waals surface area (Å²) in [5, 5.41) is 7.55. The van der Waals surface area contributed by atoms with Gasteiger partial charge in [-0.15, -0.1) is 0 Å². The van der Waals surface area contributed by atoms with Crippen LogP contribution >= 0.6 is 0 Å². The number of carbonyl (C=O) groups is 1. The Balaban J connectivity index is 1.75. The maximum Gasteiger partial charge on any atom is 0.271 e. The minimum Gasteiger partial charge on any atom is -0.373 e. The Labute approximate surface area is 201 Å². The summed E-state index contributed by atoms with van der Waals surface area (Å²) < 4.78 is 2.25. The van der Waals surface area contributed by atoms with Crippen molar-refractivity contribution in [2.24, 2.45) is 0 Å². The molecule has 2 aromatic heterocycles. The van der Waals surface area contributed by atoms with Gasteiger partial charge in [-0.05, 0) is 87.5 Å². The van der Waals surface area contributed by atoms with Crippen LogP contribution in [0.15, 0.2) is 35.3 Å². The molecule has 3 aromatic rings. The third kappa shape index (κ3) is 4.73. The topological polar surface area (TPSA) is 78.9 Å². The van der Waals surface area contributed by atoms with Gasteiger partial charge in [-0.3, -0.25) is 9.59 Å². The van der Waals surface area contributed by atoms with Gasteiger partial charge in [0.15, 0.2) is 5.78 Å². The van der Waals surface area contributed by atoms with E-state index in [0.29, 0.717) is 5.69 Å². The van der Waals surface area contributed by atoms with Gasteiger partial charge >= 0.3 is 0 Å². The molecule has 1 aliphatic heterocycles. The van der Waals surface area contributed by atoms with Crippen molar-refractivity contribution in [1.29, 1.82) is 0 Å². The van der Waals surface area contributed by atoms with Gasteiger partial charge in [0.1, 0.15) is 5.69 Å². The second kappa shape index (κ2) is 10.0. The number of hydrogen-bond donors (Lipinski definition) is 3. The van der Waals surface area contributed by atoms with Crippen molar-refractivity contribution >= 4 is 27.9 Å². The van der Waals surface area contributed by atoms with E-state index < -0.39 is 0 Å². The zero-order chi connectivity index (χ0) is 24.4. The van der Waals surface area contributed by atoms with Crippen LogP contribution in [0.25, 0.3) is 16.5 Å². The second-order valence-corrected chi connectivity index (χ2v) is 9.62. The van der Waals surface area contributed by atoms with Crippen molar-refractivity contribution in [1.82, 2.24) is 14.9 Å². The number of aryl methyl sites for hydroxylation is 3. The molecule has 0 bridgehead atoms. The predicted molar refractivity (Wildman–Crippen MR) is 141 cm³/mol. The summed E-state index contributed by atoms with van der Waals surface area (Å²) in [7, 11) is 0. The van der Waals surface area contributed by atoms with Crippen LogP contribution in [0.4, 0.5) is 5.69 Å². The molecule has 0 spiro atoms. The van der Waals surface area contributed by atoms with E-state index in [-0.39, 0.29) is 23.9 Å². The smallest absolute Gasteiger partial charge is 0.271 e. The minimum atomic E-state index is -0.169. The number of nitrogens with zero attached hydrogens (tertiary/aromatic N) is 1. The Hall–Kier alpha value is -3.12. The van der Waals surface area contributed by atoms with Crippen LogP contribution in [0.3, 0.4) is 0 Å². The summed E-state index contributed by atoms with van der Waals surface area (Å²) in [5.41, 5.74) is 7.41. The Kier molecular flexibility index (Phi) is 7.08. The number of anilines is 1.